The highest BCUT2D eigenvalue weighted by Crippen LogP contribution is 2.11. The van der Waals surface area contributed by atoms with Gasteiger partial charge in [-0.05, 0) is 24.3 Å². The molecule has 0 fully saturated rings. The highest BCUT2D eigenvalue weighted by molar-refractivity contribution is 5.94. The fourth-order valence-corrected chi connectivity index (χ4v) is 1.66. The topological polar surface area (TPSA) is 52.6 Å². The molecule has 1 unspecified atom stereocenters. The van der Waals surface area contributed by atoms with Crippen LogP contribution in [0.25, 0.3) is 0 Å². The minimum Gasteiger partial charge on any atom is -0.492 e. The number of hydrogen-bond donors (Lipinski definition) is 0. The lowest BCUT2D eigenvalue weighted by molar-refractivity contribution is -0.123. The van der Waals surface area contributed by atoms with Crippen molar-refractivity contribution < 1.29 is 19.1 Å². The second-order valence-corrected chi connectivity index (χ2v) is 4.36. The van der Waals surface area contributed by atoms with Crippen molar-refractivity contribution in [2.45, 2.75) is 0 Å². The first-order valence-corrected chi connectivity index (χ1v) is 6.55. The van der Waals surface area contributed by atoms with Crippen molar-refractivity contribution in [1.82, 2.24) is 0 Å². The van der Waals surface area contributed by atoms with E-state index in [4.69, 9.17) is 9.47 Å². The van der Waals surface area contributed by atoms with Gasteiger partial charge in [0, 0.05) is 0 Å². The van der Waals surface area contributed by atoms with Crippen molar-refractivity contribution in [3.8, 4) is 11.5 Å². The number of ketones is 1. The van der Waals surface area contributed by atoms with Crippen LogP contribution in [0.2, 0.25) is 0 Å². The molecule has 0 heterocycles. The molecule has 0 amide bonds. The monoisotopic (exact) mass is 283 g/mol. The standard InChI is InChI=1S/C17H15O4/c18-11-14(12-20-15-7-3-1-4-8-15)17(19)13-21-16-9-5-2-6-10-16/h1-10,14H,12-13H2. The normalized spacial score (nSPS) is 11.4. The molecule has 107 valence electrons. The van der Waals surface area contributed by atoms with Gasteiger partial charge in [0.1, 0.15) is 30.6 Å². The Morgan fingerprint density at radius 2 is 1.43 bits per heavy atom. The third-order valence-electron chi connectivity index (χ3n) is 2.82. The van der Waals surface area contributed by atoms with Crippen LogP contribution in [0.4, 0.5) is 0 Å². The van der Waals surface area contributed by atoms with E-state index in [-0.39, 0.29) is 19.0 Å². The van der Waals surface area contributed by atoms with Gasteiger partial charge in [0.15, 0.2) is 5.78 Å². The second kappa shape index (κ2) is 7.85. The highest BCUT2D eigenvalue weighted by atomic mass is 16.5. The second-order valence-electron chi connectivity index (χ2n) is 4.36. The van der Waals surface area contributed by atoms with Gasteiger partial charge in [-0.2, -0.15) is 0 Å². The van der Waals surface area contributed by atoms with Crippen LogP contribution in [0.5, 0.6) is 11.5 Å². The Morgan fingerprint density at radius 3 is 1.95 bits per heavy atom. The molecule has 0 bridgehead atoms. The van der Waals surface area contributed by atoms with Crippen LogP contribution in [-0.2, 0) is 9.59 Å². The number of carbonyl (C=O) groups is 1. The Kier molecular flexibility index (Phi) is 5.52. The summed E-state index contributed by atoms with van der Waals surface area (Å²) in [7, 11) is 0. The number of rotatable bonds is 8. The smallest absolute Gasteiger partial charge is 0.213 e. The maximum Gasteiger partial charge on any atom is 0.213 e. The summed E-state index contributed by atoms with van der Waals surface area (Å²) < 4.78 is 10.7. The predicted octanol–water partition coefficient (Wildman–Crippen LogP) is 2.44. The van der Waals surface area contributed by atoms with Crippen LogP contribution >= 0.6 is 0 Å². The number of carbonyl (C=O) groups excluding carboxylic acids is 2. The molecule has 21 heavy (non-hydrogen) atoms. The summed E-state index contributed by atoms with van der Waals surface area (Å²) in [6, 6.07) is 18.0. The van der Waals surface area contributed by atoms with E-state index in [2.05, 4.69) is 0 Å². The van der Waals surface area contributed by atoms with Crippen LogP contribution < -0.4 is 9.47 Å². The van der Waals surface area contributed by atoms with Crippen LogP contribution in [0.15, 0.2) is 60.7 Å². The average Bonchev–Trinajstić information content (AvgIpc) is 2.55. The minimum absolute atomic E-state index is 0.0372. The molecule has 1 atom stereocenters. The average molecular weight is 283 g/mol. The molecule has 1 radical (unpaired) electrons. The molecule has 2 rings (SSSR count). The minimum atomic E-state index is -0.950. The molecule has 0 aliphatic carbocycles. The molecule has 0 aliphatic heterocycles. The zero-order valence-electron chi connectivity index (χ0n) is 11.4. The van der Waals surface area contributed by atoms with Gasteiger partial charge in [-0.1, -0.05) is 36.4 Å². The number of Topliss-reactive ketones (excluding diaryl/α,β-unsaturated/α-hetero) is 1. The van der Waals surface area contributed by atoms with Gasteiger partial charge >= 0.3 is 0 Å². The van der Waals surface area contributed by atoms with E-state index in [1.54, 1.807) is 30.6 Å². The summed E-state index contributed by atoms with van der Waals surface area (Å²) in [6.45, 7) is -0.216. The fraction of sp³-hybridized carbons (Fsp3) is 0.176. The first kappa shape index (κ1) is 14.8. The Bertz CT molecular complexity index is 566. The summed E-state index contributed by atoms with van der Waals surface area (Å²) in [4.78, 5) is 22.8. The van der Waals surface area contributed by atoms with Gasteiger partial charge in [-0.25, -0.2) is 0 Å². The SMILES string of the molecule is O=[C]C(COc1ccccc1)C(=O)COc1ccccc1. The molecule has 2 aromatic carbocycles. The largest absolute Gasteiger partial charge is 0.492 e. The van der Waals surface area contributed by atoms with E-state index < -0.39 is 5.92 Å². The Labute approximate surface area is 123 Å². The maximum absolute atomic E-state index is 11.9. The summed E-state index contributed by atoms with van der Waals surface area (Å²) >= 11 is 0. The van der Waals surface area contributed by atoms with Crippen LogP contribution in [0.1, 0.15) is 0 Å². The van der Waals surface area contributed by atoms with Crippen molar-refractivity contribution >= 4 is 12.1 Å². The van der Waals surface area contributed by atoms with Crippen LogP contribution in [0.3, 0.4) is 0 Å². The molecule has 0 spiro atoms. The zero-order chi connectivity index (χ0) is 14.9. The van der Waals surface area contributed by atoms with Gasteiger partial charge in [0.05, 0.1) is 0 Å². The van der Waals surface area contributed by atoms with Gasteiger partial charge < -0.3 is 9.47 Å². The molecule has 4 nitrogen and oxygen atoms in total. The predicted molar refractivity (Wildman–Crippen MR) is 78.1 cm³/mol. The fourth-order valence-electron chi connectivity index (χ4n) is 1.66. The third-order valence-corrected chi connectivity index (χ3v) is 2.82. The lowest BCUT2D eigenvalue weighted by atomic mass is 10.1. The van der Waals surface area contributed by atoms with Crippen LogP contribution in [-0.4, -0.2) is 25.3 Å². The summed E-state index contributed by atoms with van der Waals surface area (Å²) in [5, 5.41) is 0. The molecule has 0 saturated heterocycles. The van der Waals surface area contributed by atoms with E-state index >= 15 is 0 Å². The molecule has 0 aliphatic rings. The molecule has 0 aromatic heterocycles. The van der Waals surface area contributed by atoms with E-state index in [9.17, 15) is 9.59 Å². The van der Waals surface area contributed by atoms with Gasteiger partial charge in [-0.3, -0.25) is 9.59 Å². The Balaban J connectivity index is 1.82. The van der Waals surface area contributed by atoms with Gasteiger partial charge in [-0.15, -0.1) is 0 Å². The van der Waals surface area contributed by atoms with E-state index in [1.807, 2.05) is 36.4 Å². The summed E-state index contributed by atoms with van der Waals surface area (Å²) in [6.07, 6.45) is 1.70. The Morgan fingerprint density at radius 1 is 0.905 bits per heavy atom. The van der Waals surface area contributed by atoms with E-state index in [0.717, 1.165) is 0 Å². The maximum atomic E-state index is 11.9. The highest BCUT2D eigenvalue weighted by Gasteiger charge is 2.20. The quantitative estimate of drug-likeness (QED) is 0.698. The lowest BCUT2D eigenvalue weighted by Gasteiger charge is -2.11. The van der Waals surface area contributed by atoms with Crippen molar-refractivity contribution in [2.75, 3.05) is 13.2 Å². The van der Waals surface area contributed by atoms with Crippen molar-refractivity contribution in [3.63, 3.8) is 0 Å². The number of benzene rings is 2. The first-order valence-electron chi connectivity index (χ1n) is 6.55. The van der Waals surface area contributed by atoms with Crippen molar-refractivity contribution in [1.29, 1.82) is 0 Å². The molecule has 0 saturated carbocycles. The van der Waals surface area contributed by atoms with Crippen LogP contribution in [0, 0.1) is 5.92 Å². The van der Waals surface area contributed by atoms with Gasteiger partial charge in [0.2, 0.25) is 6.29 Å². The molecular weight excluding hydrogens is 268 g/mol. The molecule has 4 heteroatoms. The molecule has 2 aromatic rings. The third kappa shape index (κ3) is 4.76. The molecule has 0 N–H and O–H groups in total. The first-order chi connectivity index (χ1) is 10.3. The van der Waals surface area contributed by atoms with E-state index in [1.165, 1.54) is 0 Å². The number of ether oxygens (including phenoxy) is 2. The number of hydrogen-bond acceptors (Lipinski definition) is 4. The summed E-state index contributed by atoms with van der Waals surface area (Å²) in [5.41, 5.74) is 0. The zero-order valence-corrected chi connectivity index (χ0v) is 11.4. The van der Waals surface area contributed by atoms with Crippen molar-refractivity contribution in [3.05, 3.63) is 60.7 Å². The van der Waals surface area contributed by atoms with Gasteiger partial charge in [0.25, 0.3) is 0 Å². The Hall–Kier alpha value is -2.62. The van der Waals surface area contributed by atoms with E-state index in [0.29, 0.717) is 11.5 Å². The number of para-hydroxylation sites is 2. The van der Waals surface area contributed by atoms with Crippen molar-refractivity contribution in [2.24, 2.45) is 5.92 Å². The molecular formula is C17H15O4. The lowest BCUT2D eigenvalue weighted by Crippen LogP contribution is -2.28. The summed E-state index contributed by atoms with van der Waals surface area (Å²) in [5.74, 6) is -0.118.